The van der Waals surface area contributed by atoms with Gasteiger partial charge in [0.25, 0.3) is 0 Å². The quantitative estimate of drug-likeness (QED) is 0.624. The Hall–Kier alpha value is -2.71. The molecule has 1 rings (SSSR count). The third kappa shape index (κ3) is 5.76. The van der Waals surface area contributed by atoms with Crippen LogP contribution in [0.3, 0.4) is 0 Å². The van der Waals surface area contributed by atoms with Crippen molar-refractivity contribution in [3.63, 3.8) is 0 Å². The summed E-state index contributed by atoms with van der Waals surface area (Å²) in [7, 11) is 0. The van der Waals surface area contributed by atoms with Crippen LogP contribution in [0.4, 0.5) is 19.3 Å². The summed E-state index contributed by atoms with van der Waals surface area (Å²) in [6.45, 7) is -1.05. The largest absolute Gasteiger partial charge is 0.480 e. The lowest BCUT2D eigenvalue weighted by atomic mass is 10.3. The number of urea groups is 1. The van der Waals surface area contributed by atoms with Gasteiger partial charge in [-0.1, -0.05) is 0 Å². The minimum absolute atomic E-state index is 0.119. The predicted molar refractivity (Wildman–Crippen MR) is 64.0 cm³/mol. The van der Waals surface area contributed by atoms with Crippen LogP contribution in [-0.2, 0) is 9.59 Å². The molecule has 0 saturated heterocycles. The second-order valence-electron chi connectivity index (χ2n) is 3.64. The molecule has 3 amide bonds. The van der Waals surface area contributed by atoms with E-state index < -0.39 is 42.6 Å². The van der Waals surface area contributed by atoms with Gasteiger partial charge in [0.15, 0.2) is 0 Å². The summed E-state index contributed by atoms with van der Waals surface area (Å²) in [5.41, 5.74) is -0.119. The van der Waals surface area contributed by atoms with Crippen molar-refractivity contribution in [1.29, 1.82) is 0 Å². The molecule has 0 aliphatic heterocycles. The lowest BCUT2D eigenvalue weighted by molar-refractivity contribution is -0.137. The topological polar surface area (TPSA) is 108 Å². The second-order valence-corrected chi connectivity index (χ2v) is 3.64. The number of hydrogen-bond donors (Lipinski definition) is 4. The van der Waals surface area contributed by atoms with Crippen LogP contribution in [0.25, 0.3) is 0 Å². The zero-order valence-electron chi connectivity index (χ0n) is 10.1. The molecule has 108 valence electrons. The molecule has 0 spiro atoms. The molecule has 0 aromatic heterocycles. The Morgan fingerprint density at radius 1 is 1.00 bits per heavy atom. The lowest BCUT2D eigenvalue weighted by Gasteiger charge is -2.07. The van der Waals surface area contributed by atoms with Gasteiger partial charge in [-0.15, -0.1) is 0 Å². The van der Waals surface area contributed by atoms with Crippen molar-refractivity contribution in [2.45, 2.75) is 0 Å². The van der Waals surface area contributed by atoms with Crippen molar-refractivity contribution in [3.8, 4) is 0 Å². The maximum absolute atomic E-state index is 12.8. The molecule has 1 aromatic carbocycles. The number of hydrogen-bond acceptors (Lipinski definition) is 3. The van der Waals surface area contributed by atoms with Crippen molar-refractivity contribution in [3.05, 3.63) is 29.8 Å². The molecular weight excluding hydrogens is 276 g/mol. The van der Waals surface area contributed by atoms with E-state index in [4.69, 9.17) is 5.11 Å². The first-order valence-corrected chi connectivity index (χ1v) is 5.36. The van der Waals surface area contributed by atoms with E-state index in [2.05, 4.69) is 10.6 Å². The van der Waals surface area contributed by atoms with Gasteiger partial charge in [-0.3, -0.25) is 9.59 Å². The number of rotatable bonds is 5. The molecule has 0 saturated carbocycles. The molecular formula is C11H11F2N3O4. The van der Waals surface area contributed by atoms with Crippen molar-refractivity contribution in [1.82, 2.24) is 10.6 Å². The van der Waals surface area contributed by atoms with E-state index in [1.165, 1.54) is 0 Å². The third-order valence-corrected chi connectivity index (χ3v) is 1.97. The number of carbonyl (C=O) groups excluding carboxylic acids is 2. The fourth-order valence-electron chi connectivity index (χ4n) is 1.20. The van der Waals surface area contributed by atoms with Gasteiger partial charge in [0.05, 0.1) is 6.54 Å². The number of carboxylic acids is 1. The van der Waals surface area contributed by atoms with Gasteiger partial charge in [0.1, 0.15) is 18.2 Å². The van der Waals surface area contributed by atoms with Gasteiger partial charge in [-0.05, 0) is 12.1 Å². The molecule has 1 aromatic rings. The number of benzene rings is 1. The maximum Gasteiger partial charge on any atom is 0.322 e. The summed E-state index contributed by atoms with van der Waals surface area (Å²) in [4.78, 5) is 32.6. The zero-order valence-corrected chi connectivity index (χ0v) is 10.1. The van der Waals surface area contributed by atoms with E-state index in [9.17, 15) is 23.2 Å². The van der Waals surface area contributed by atoms with Crippen LogP contribution >= 0.6 is 0 Å². The molecule has 7 nitrogen and oxygen atoms in total. The molecule has 0 bridgehead atoms. The molecule has 9 heteroatoms. The van der Waals surface area contributed by atoms with Crippen molar-refractivity contribution >= 4 is 23.6 Å². The fourth-order valence-corrected chi connectivity index (χ4v) is 1.20. The highest BCUT2D eigenvalue weighted by Gasteiger charge is 2.08. The zero-order chi connectivity index (χ0) is 15.1. The van der Waals surface area contributed by atoms with Crippen LogP contribution in [0.15, 0.2) is 18.2 Å². The average molecular weight is 287 g/mol. The Labute approximate surface area is 112 Å². The van der Waals surface area contributed by atoms with E-state index in [0.29, 0.717) is 6.07 Å². The van der Waals surface area contributed by atoms with Crippen LogP contribution < -0.4 is 16.0 Å². The number of nitrogens with one attached hydrogen (secondary N) is 3. The highest BCUT2D eigenvalue weighted by molar-refractivity contribution is 5.92. The van der Waals surface area contributed by atoms with Gasteiger partial charge < -0.3 is 21.1 Å². The molecule has 0 atom stereocenters. The summed E-state index contributed by atoms with van der Waals surface area (Å²) >= 11 is 0. The van der Waals surface area contributed by atoms with E-state index in [-0.39, 0.29) is 5.69 Å². The molecule has 0 aliphatic rings. The Morgan fingerprint density at radius 3 is 2.15 bits per heavy atom. The van der Waals surface area contributed by atoms with Gasteiger partial charge in [-0.25, -0.2) is 13.6 Å². The first-order valence-electron chi connectivity index (χ1n) is 5.36. The first-order chi connectivity index (χ1) is 9.36. The summed E-state index contributed by atoms with van der Waals surface area (Å²) in [6.07, 6.45) is 0. The number of amides is 3. The predicted octanol–water partition coefficient (Wildman–Crippen LogP) is 0.287. The Morgan fingerprint density at radius 2 is 1.60 bits per heavy atom. The number of anilines is 1. The minimum Gasteiger partial charge on any atom is -0.480 e. The fraction of sp³-hybridized carbons (Fsp3) is 0.182. The van der Waals surface area contributed by atoms with Crippen LogP contribution in [0.1, 0.15) is 0 Å². The van der Waals surface area contributed by atoms with E-state index in [1.807, 2.05) is 5.32 Å². The molecule has 0 radical (unpaired) electrons. The second kappa shape index (κ2) is 7.02. The highest BCUT2D eigenvalue weighted by Crippen LogP contribution is 2.12. The molecule has 20 heavy (non-hydrogen) atoms. The van der Waals surface area contributed by atoms with Gasteiger partial charge in [-0.2, -0.15) is 0 Å². The smallest absolute Gasteiger partial charge is 0.322 e. The number of aliphatic carboxylic acids is 1. The number of halogens is 2. The monoisotopic (exact) mass is 287 g/mol. The lowest BCUT2D eigenvalue weighted by Crippen LogP contribution is -2.40. The SMILES string of the molecule is O=C(O)CNC(=O)CNC(=O)Nc1cc(F)cc(F)c1. The first kappa shape index (κ1) is 15.3. The van der Waals surface area contributed by atoms with E-state index in [0.717, 1.165) is 12.1 Å². The molecule has 0 unspecified atom stereocenters. The van der Waals surface area contributed by atoms with Crippen LogP contribution in [0.5, 0.6) is 0 Å². The van der Waals surface area contributed by atoms with Crippen molar-refractivity contribution < 1.29 is 28.3 Å². The van der Waals surface area contributed by atoms with Crippen molar-refractivity contribution in [2.75, 3.05) is 18.4 Å². The molecule has 4 N–H and O–H groups in total. The van der Waals surface area contributed by atoms with Gasteiger partial charge in [0.2, 0.25) is 5.91 Å². The average Bonchev–Trinajstić information content (AvgIpc) is 2.32. The summed E-state index contributed by atoms with van der Waals surface area (Å²) in [6, 6.07) is 1.57. The molecule has 0 heterocycles. The summed E-state index contributed by atoms with van der Waals surface area (Å²) in [5, 5.41) is 14.5. The third-order valence-electron chi connectivity index (χ3n) is 1.97. The normalized spacial score (nSPS) is 9.70. The maximum atomic E-state index is 12.8. The summed E-state index contributed by atoms with van der Waals surface area (Å²) in [5.74, 6) is -3.66. The number of carbonyl (C=O) groups is 3. The highest BCUT2D eigenvalue weighted by atomic mass is 19.1. The minimum atomic E-state index is -1.22. The Bertz CT molecular complexity index is 516. The van der Waals surface area contributed by atoms with E-state index >= 15 is 0 Å². The van der Waals surface area contributed by atoms with Crippen molar-refractivity contribution in [2.24, 2.45) is 0 Å². The summed E-state index contributed by atoms with van der Waals surface area (Å²) < 4.78 is 25.7. The van der Waals surface area contributed by atoms with Gasteiger partial charge >= 0.3 is 12.0 Å². The Balaban J connectivity index is 2.40. The molecule has 0 aliphatic carbocycles. The van der Waals surface area contributed by atoms with Crippen LogP contribution in [0.2, 0.25) is 0 Å². The van der Waals surface area contributed by atoms with Crippen LogP contribution in [0, 0.1) is 11.6 Å². The van der Waals surface area contributed by atoms with E-state index in [1.54, 1.807) is 0 Å². The standard InChI is InChI=1S/C11H11F2N3O4/c12-6-1-7(13)3-8(2-6)16-11(20)15-4-9(17)14-5-10(18)19/h1-3H,4-5H2,(H,14,17)(H,18,19)(H2,15,16,20). The number of carboxylic acid groups (broad SMARTS) is 1. The van der Waals surface area contributed by atoms with Gasteiger partial charge in [0, 0.05) is 11.8 Å². The van der Waals surface area contributed by atoms with Crippen LogP contribution in [-0.4, -0.2) is 36.1 Å². The Kier molecular flexibility index (Phi) is 5.39. The molecule has 0 fully saturated rings.